The van der Waals surface area contributed by atoms with Crippen molar-refractivity contribution in [3.05, 3.63) is 88.2 Å². The molecule has 0 saturated heterocycles. The molecule has 0 radical (unpaired) electrons. The summed E-state index contributed by atoms with van der Waals surface area (Å²) in [6.45, 7) is 6.95. The molecule has 0 saturated carbocycles. The van der Waals surface area contributed by atoms with Gasteiger partial charge in [-0.2, -0.15) is 0 Å². The Hall–Kier alpha value is -2.65. The first-order valence-electron chi connectivity index (χ1n) is 27.4. The lowest BCUT2D eigenvalue weighted by molar-refractivity contribution is -0.462. The highest BCUT2D eigenvalue weighted by atomic mass is 28.3. The summed E-state index contributed by atoms with van der Waals surface area (Å²) in [4.78, 5) is 2.35. The molecule has 1 aliphatic carbocycles. The minimum atomic E-state index is -2.16. The van der Waals surface area contributed by atoms with E-state index in [4.69, 9.17) is 0 Å². The highest BCUT2D eigenvalue weighted by Crippen LogP contribution is 2.46. The summed E-state index contributed by atoms with van der Waals surface area (Å²) in [6, 6.07) is 19.5. The highest BCUT2D eigenvalue weighted by molar-refractivity contribution is 6.99. The van der Waals surface area contributed by atoms with Crippen molar-refractivity contribution in [1.82, 2.24) is 0 Å². The summed E-state index contributed by atoms with van der Waals surface area (Å²) in [5, 5.41) is 3.44. The first-order valence-corrected chi connectivity index (χ1v) is 29.8. The van der Waals surface area contributed by atoms with Gasteiger partial charge in [-0.15, -0.1) is 0 Å². The van der Waals surface area contributed by atoms with E-state index in [1.54, 1.807) is 10.4 Å². The van der Waals surface area contributed by atoms with Crippen molar-refractivity contribution in [3.8, 4) is 0 Å². The van der Waals surface area contributed by atoms with Crippen LogP contribution in [0.5, 0.6) is 0 Å². The zero-order valence-corrected chi connectivity index (χ0v) is 43.7. The van der Waals surface area contributed by atoms with Gasteiger partial charge in [-0.3, -0.25) is 0 Å². The van der Waals surface area contributed by atoms with Gasteiger partial charge in [0.1, 0.15) is 22.2 Å². The molecule has 2 aromatic rings. The van der Waals surface area contributed by atoms with Crippen molar-refractivity contribution in [1.29, 1.82) is 0 Å². The van der Waals surface area contributed by atoms with Crippen LogP contribution >= 0.6 is 0 Å². The SMILES string of the molecule is CCCCCCCCCCCCCCCCCC[Si]1(CCCCCCCCCCCCCCCCCC)C2=CC(=[N+](C)C)C=CC2=C(c2ccccc2C)c2ccc(N(C)C)cc21. The second-order valence-corrected chi connectivity index (χ2v) is 24.9. The summed E-state index contributed by atoms with van der Waals surface area (Å²) in [5.74, 6) is 0. The van der Waals surface area contributed by atoms with Crippen LogP contribution in [0.25, 0.3) is 5.57 Å². The van der Waals surface area contributed by atoms with Crippen LogP contribution in [0.1, 0.15) is 236 Å². The van der Waals surface area contributed by atoms with Gasteiger partial charge in [-0.25, -0.2) is 4.58 Å². The fourth-order valence-electron chi connectivity index (χ4n) is 10.9. The first-order chi connectivity index (χ1) is 30.8. The molecule has 1 heterocycles. The number of benzene rings is 2. The smallest absolute Gasteiger partial charge is 0.199 e. The number of hydrogen-bond acceptors (Lipinski definition) is 1. The third-order valence-corrected chi connectivity index (χ3v) is 20.2. The summed E-state index contributed by atoms with van der Waals surface area (Å²) in [7, 11) is 6.80. The molecule has 0 aromatic heterocycles. The van der Waals surface area contributed by atoms with Crippen LogP contribution < -0.4 is 10.1 Å². The van der Waals surface area contributed by atoms with Crippen LogP contribution in [0.3, 0.4) is 0 Å². The van der Waals surface area contributed by atoms with E-state index in [1.165, 1.54) is 257 Å². The first kappa shape index (κ1) is 53.0. The third-order valence-electron chi connectivity index (χ3n) is 14.9. The van der Waals surface area contributed by atoms with E-state index in [2.05, 4.69) is 119 Å². The van der Waals surface area contributed by atoms with E-state index in [1.807, 2.05) is 0 Å². The maximum absolute atomic E-state index is 2.67. The fraction of sp³-hybridized carbons (Fsp3) is 0.683. The molecule has 4 rings (SSSR count). The lowest BCUT2D eigenvalue weighted by Gasteiger charge is -2.43. The van der Waals surface area contributed by atoms with Gasteiger partial charge in [0.15, 0.2) is 5.71 Å². The Balaban J connectivity index is 1.43. The predicted molar refractivity (Wildman–Crippen MR) is 286 cm³/mol. The minimum Gasteiger partial charge on any atom is -0.378 e. The Kier molecular flexibility index (Phi) is 26.3. The predicted octanol–water partition coefficient (Wildman–Crippen LogP) is 17.8. The van der Waals surface area contributed by atoms with Crippen LogP contribution in [0.4, 0.5) is 5.69 Å². The Morgan fingerprint density at radius 3 is 1.29 bits per heavy atom. The van der Waals surface area contributed by atoms with Crippen molar-refractivity contribution in [2.45, 2.75) is 238 Å². The zero-order chi connectivity index (χ0) is 45.0. The highest BCUT2D eigenvalue weighted by Gasteiger charge is 2.46. The zero-order valence-electron chi connectivity index (χ0n) is 42.7. The molecule has 2 nitrogen and oxygen atoms in total. The molecule has 2 aliphatic rings. The molecule has 0 N–H and O–H groups in total. The molecule has 63 heavy (non-hydrogen) atoms. The average Bonchev–Trinajstić information content (AvgIpc) is 3.28. The lowest BCUT2D eigenvalue weighted by atomic mass is 9.87. The second-order valence-electron chi connectivity index (χ2n) is 20.6. The summed E-state index contributed by atoms with van der Waals surface area (Å²) in [6.07, 6.45) is 53.3. The Morgan fingerprint density at radius 2 is 0.889 bits per heavy atom. The van der Waals surface area contributed by atoms with Crippen LogP contribution in [0, 0.1) is 6.92 Å². The number of aryl methyl sites for hydroxylation is 1. The van der Waals surface area contributed by atoms with Gasteiger partial charge < -0.3 is 4.90 Å². The quantitative estimate of drug-likeness (QED) is 0.0376. The van der Waals surface area contributed by atoms with Crippen molar-refractivity contribution in [2.75, 3.05) is 33.1 Å². The van der Waals surface area contributed by atoms with Gasteiger partial charge in [0.2, 0.25) is 0 Å². The molecule has 0 spiro atoms. The van der Waals surface area contributed by atoms with Crippen LogP contribution in [-0.2, 0) is 0 Å². The third kappa shape index (κ3) is 17.9. The molecule has 3 heteroatoms. The Morgan fingerprint density at radius 1 is 0.476 bits per heavy atom. The Labute approximate surface area is 392 Å². The molecule has 0 fully saturated rings. The number of nitrogens with zero attached hydrogens (tertiary/aromatic N) is 2. The normalized spacial score (nSPS) is 14.3. The van der Waals surface area contributed by atoms with Crippen LogP contribution in [-0.4, -0.2) is 46.6 Å². The summed E-state index contributed by atoms with van der Waals surface area (Å²) in [5.41, 5.74) is 10.0. The number of anilines is 1. The molecule has 1 aliphatic heterocycles. The molecule has 0 atom stereocenters. The molecule has 0 amide bonds. The van der Waals surface area contributed by atoms with Gasteiger partial charge in [0, 0.05) is 31.9 Å². The second kappa shape index (κ2) is 31.3. The number of hydrogen-bond donors (Lipinski definition) is 0. The van der Waals surface area contributed by atoms with E-state index in [-0.39, 0.29) is 0 Å². The number of fused-ring (bicyclic) bond motifs is 2. The van der Waals surface area contributed by atoms with Crippen molar-refractivity contribution in [3.63, 3.8) is 0 Å². The van der Waals surface area contributed by atoms with Crippen LogP contribution in [0.15, 0.2) is 71.5 Å². The van der Waals surface area contributed by atoms with Crippen molar-refractivity contribution in [2.24, 2.45) is 0 Å². The van der Waals surface area contributed by atoms with E-state index < -0.39 is 8.07 Å². The number of rotatable bonds is 36. The summed E-state index contributed by atoms with van der Waals surface area (Å²) >= 11 is 0. The lowest BCUT2D eigenvalue weighted by Crippen LogP contribution is -2.54. The van der Waals surface area contributed by atoms with Gasteiger partial charge in [-0.05, 0) is 75.4 Å². The van der Waals surface area contributed by atoms with E-state index >= 15 is 0 Å². The molecule has 2 aromatic carbocycles. The molecule has 0 unspecified atom stereocenters. The van der Waals surface area contributed by atoms with E-state index in [0.717, 1.165) is 0 Å². The van der Waals surface area contributed by atoms with Crippen molar-refractivity contribution < 1.29 is 4.58 Å². The average molecular weight is 877 g/mol. The number of unbranched alkanes of at least 4 members (excludes halogenated alkanes) is 30. The maximum Gasteiger partial charge on any atom is 0.199 e. The number of allylic oxidation sites excluding steroid dienone is 5. The molecule has 352 valence electrons. The van der Waals surface area contributed by atoms with E-state index in [9.17, 15) is 0 Å². The monoisotopic (exact) mass is 876 g/mol. The minimum absolute atomic E-state index is 1.36. The summed E-state index contributed by atoms with van der Waals surface area (Å²) < 4.78 is 2.35. The van der Waals surface area contributed by atoms with Crippen LogP contribution in [0.2, 0.25) is 12.1 Å². The largest absolute Gasteiger partial charge is 0.378 e. The molecular weight excluding hydrogens is 777 g/mol. The van der Waals surface area contributed by atoms with Gasteiger partial charge in [-0.1, -0.05) is 250 Å². The van der Waals surface area contributed by atoms with E-state index in [0.29, 0.717) is 0 Å². The standard InChI is InChI=1S/C60H99N2Si/c1-8-10-12-14-16-18-20-22-24-26-28-30-32-34-36-40-48-63(49-41-37-35-33-31-29-27-25-23-21-19-17-15-13-11-9-2)58-50-53(61(4)5)44-46-56(58)60(55-43-39-38-42-52(55)3)57-47-45-54(62(6)7)51-59(57)63/h38-39,42-47,50-51H,8-37,40-41,48-49H2,1-7H3/q+1. The van der Waals surface area contributed by atoms with Crippen molar-refractivity contribution >= 4 is 30.2 Å². The Bertz CT molecular complexity index is 1650. The van der Waals surface area contributed by atoms with Gasteiger partial charge in [0.05, 0.1) is 0 Å². The van der Waals surface area contributed by atoms with Gasteiger partial charge >= 0.3 is 0 Å². The fourth-order valence-corrected chi connectivity index (χ4v) is 16.5. The molecule has 0 bridgehead atoms. The van der Waals surface area contributed by atoms with Gasteiger partial charge in [0.25, 0.3) is 0 Å². The maximum atomic E-state index is 2.67. The molecular formula is C60H99N2Si+. The topological polar surface area (TPSA) is 6.25 Å².